The van der Waals surface area contributed by atoms with E-state index in [9.17, 15) is 0 Å². The Labute approximate surface area is 112 Å². The molecule has 2 heterocycles. The number of anilines is 1. The zero-order valence-corrected chi connectivity index (χ0v) is 11.3. The fourth-order valence-electron chi connectivity index (χ4n) is 2.53. The van der Waals surface area contributed by atoms with Crippen molar-refractivity contribution in [2.45, 2.75) is 45.6 Å². The third kappa shape index (κ3) is 2.43. The van der Waals surface area contributed by atoms with E-state index in [0.29, 0.717) is 0 Å². The molecule has 6 heteroatoms. The number of aromatic nitrogens is 5. The molecule has 0 spiro atoms. The van der Waals surface area contributed by atoms with Crippen molar-refractivity contribution in [3.63, 3.8) is 0 Å². The molecule has 0 radical (unpaired) electrons. The number of aryl methyl sites for hydroxylation is 2. The van der Waals surface area contributed by atoms with Crippen LogP contribution in [-0.4, -0.2) is 25.1 Å². The zero-order chi connectivity index (χ0) is 13.2. The molecule has 0 bridgehead atoms. The predicted molar refractivity (Wildman–Crippen MR) is 71.8 cm³/mol. The number of nitrogens with zero attached hydrogens (tertiary/aromatic N) is 4. The summed E-state index contributed by atoms with van der Waals surface area (Å²) in [5.41, 5.74) is 2.47. The topological polar surface area (TPSA) is 79.4 Å². The first kappa shape index (κ1) is 12.1. The van der Waals surface area contributed by atoms with Crippen molar-refractivity contribution < 1.29 is 0 Å². The molecule has 0 aliphatic heterocycles. The van der Waals surface area contributed by atoms with Gasteiger partial charge in [0.25, 0.3) is 0 Å². The van der Waals surface area contributed by atoms with Crippen molar-refractivity contribution in [2.75, 3.05) is 5.32 Å². The van der Waals surface area contributed by atoms with Crippen molar-refractivity contribution in [3.05, 3.63) is 29.2 Å². The van der Waals surface area contributed by atoms with Gasteiger partial charge in [0.15, 0.2) is 0 Å². The maximum Gasteiger partial charge on any atom is 0.146 e. The highest BCUT2D eigenvalue weighted by Crippen LogP contribution is 2.27. The van der Waals surface area contributed by atoms with Gasteiger partial charge in [0.2, 0.25) is 0 Å². The van der Waals surface area contributed by atoms with Crippen LogP contribution in [0.3, 0.4) is 0 Å². The molecule has 0 fully saturated rings. The van der Waals surface area contributed by atoms with Gasteiger partial charge in [0.1, 0.15) is 23.8 Å². The number of hydrogen-bond acceptors (Lipinski definition) is 5. The summed E-state index contributed by atoms with van der Waals surface area (Å²) < 4.78 is 0. The third-order valence-corrected chi connectivity index (χ3v) is 3.49. The van der Waals surface area contributed by atoms with Crippen LogP contribution in [0.1, 0.15) is 48.7 Å². The van der Waals surface area contributed by atoms with Crippen LogP contribution < -0.4 is 5.32 Å². The van der Waals surface area contributed by atoms with Crippen molar-refractivity contribution >= 4 is 5.82 Å². The van der Waals surface area contributed by atoms with Crippen molar-refractivity contribution in [1.29, 1.82) is 0 Å². The van der Waals surface area contributed by atoms with Gasteiger partial charge >= 0.3 is 0 Å². The summed E-state index contributed by atoms with van der Waals surface area (Å²) in [7, 11) is 0. The molecule has 0 saturated carbocycles. The second-order valence-electron chi connectivity index (χ2n) is 4.99. The number of rotatable bonds is 3. The molecule has 100 valence electrons. The molecule has 2 aromatic rings. The largest absolute Gasteiger partial charge is 0.360 e. The monoisotopic (exact) mass is 258 g/mol. The summed E-state index contributed by atoms with van der Waals surface area (Å²) in [6.45, 7) is 3.99. The normalized spacial score (nSPS) is 15.9. The molecule has 0 aromatic carbocycles. The van der Waals surface area contributed by atoms with Crippen LogP contribution in [0.15, 0.2) is 6.33 Å². The minimum Gasteiger partial charge on any atom is -0.360 e. The summed E-state index contributed by atoms with van der Waals surface area (Å²) in [4.78, 5) is 13.3. The van der Waals surface area contributed by atoms with Gasteiger partial charge in [0.05, 0.1) is 6.04 Å². The Balaban J connectivity index is 1.90. The van der Waals surface area contributed by atoms with E-state index in [1.165, 1.54) is 30.4 Å². The summed E-state index contributed by atoms with van der Waals surface area (Å²) in [6, 6.07) is 0.0582. The zero-order valence-electron chi connectivity index (χ0n) is 11.3. The Morgan fingerprint density at radius 3 is 2.89 bits per heavy atom. The highest BCUT2D eigenvalue weighted by Gasteiger charge is 2.19. The van der Waals surface area contributed by atoms with Crippen molar-refractivity contribution in [3.8, 4) is 0 Å². The molecule has 2 N–H and O–H groups in total. The van der Waals surface area contributed by atoms with Crippen LogP contribution in [0.4, 0.5) is 5.82 Å². The molecule has 1 atom stereocenters. The Bertz CT molecular complexity index is 563. The predicted octanol–water partition coefficient (Wildman–Crippen LogP) is 1.96. The molecule has 1 unspecified atom stereocenters. The highest BCUT2D eigenvalue weighted by atomic mass is 15.2. The van der Waals surface area contributed by atoms with Crippen molar-refractivity contribution in [1.82, 2.24) is 25.1 Å². The molecule has 19 heavy (non-hydrogen) atoms. The minimum absolute atomic E-state index is 0.0582. The molecular weight excluding hydrogens is 240 g/mol. The highest BCUT2D eigenvalue weighted by molar-refractivity contribution is 5.48. The minimum atomic E-state index is 0.0582. The summed E-state index contributed by atoms with van der Waals surface area (Å²) in [5, 5.41) is 10.2. The van der Waals surface area contributed by atoms with Crippen LogP contribution in [0, 0.1) is 6.92 Å². The van der Waals surface area contributed by atoms with Gasteiger partial charge in [-0.05, 0) is 39.5 Å². The van der Waals surface area contributed by atoms with E-state index in [0.717, 1.165) is 30.3 Å². The lowest BCUT2D eigenvalue weighted by atomic mass is 9.96. The van der Waals surface area contributed by atoms with Crippen LogP contribution in [-0.2, 0) is 12.8 Å². The SMILES string of the molecule is Cc1nc2c(c(NC(C)c3ncn[nH]3)n1)CCCC2. The van der Waals surface area contributed by atoms with Gasteiger partial charge in [-0.3, -0.25) is 5.10 Å². The number of aromatic amines is 1. The number of fused-ring (bicyclic) bond motifs is 1. The Kier molecular flexibility index (Phi) is 3.15. The molecule has 6 nitrogen and oxygen atoms in total. The fourth-order valence-corrected chi connectivity index (χ4v) is 2.53. The second kappa shape index (κ2) is 4.95. The van der Waals surface area contributed by atoms with E-state index in [4.69, 9.17) is 0 Å². The van der Waals surface area contributed by atoms with E-state index in [2.05, 4.69) is 30.5 Å². The molecule has 0 saturated heterocycles. The average molecular weight is 258 g/mol. The summed E-state index contributed by atoms with van der Waals surface area (Å²) in [6.07, 6.45) is 6.07. The first-order chi connectivity index (χ1) is 9.24. The van der Waals surface area contributed by atoms with Gasteiger partial charge < -0.3 is 5.32 Å². The lowest BCUT2D eigenvalue weighted by Gasteiger charge is -2.21. The fraction of sp³-hybridized carbons (Fsp3) is 0.538. The van der Waals surface area contributed by atoms with E-state index in [1.807, 2.05) is 13.8 Å². The lowest BCUT2D eigenvalue weighted by Crippen LogP contribution is -2.16. The standard InChI is InChI=1S/C13H18N6/c1-8(12-14-7-15-19-12)16-13-10-5-3-4-6-11(10)17-9(2)18-13/h7-8H,3-6H2,1-2H3,(H,14,15,19)(H,16,17,18). The molecule has 2 aromatic heterocycles. The third-order valence-electron chi connectivity index (χ3n) is 3.49. The first-order valence-corrected chi connectivity index (χ1v) is 6.72. The average Bonchev–Trinajstić information content (AvgIpc) is 2.92. The summed E-state index contributed by atoms with van der Waals surface area (Å²) >= 11 is 0. The lowest BCUT2D eigenvalue weighted by molar-refractivity contribution is 0.656. The Morgan fingerprint density at radius 1 is 1.26 bits per heavy atom. The second-order valence-corrected chi connectivity index (χ2v) is 4.99. The van der Waals surface area contributed by atoms with Gasteiger partial charge in [-0.1, -0.05) is 0 Å². The van der Waals surface area contributed by atoms with Gasteiger partial charge in [0, 0.05) is 11.3 Å². The van der Waals surface area contributed by atoms with Gasteiger partial charge in [-0.2, -0.15) is 5.10 Å². The van der Waals surface area contributed by atoms with Crippen LogP contribution in [0.2, 0.25) is 0 Å². The number of hydrogen-bond donors (Lipinski definition) is 2. The Hall–Kier alpha value is -1.98. The smallest absolute Gasteiger partial charge is 0.146 e. The van der Waals surface area contributed by atoms with E-state index < -0.39 is 0 Å². The number of nitrogens with one attached hydrogen (secondary N) is 2. The van der Waals surface area contributed by atoms with E-state index >= 15 is 0 Å². The first-order valence-electron chi connectivity index (χ1n) is 6.72. The molecule has 1 aliphatic carbocycles. The van der Waals surface area contributed by atoms with Gasteiger partial charge in [-0.15, -0.1) is 0 Å². The Morgan fingerprint density at radius 2 is 2.11 bits per heavy atom. The summed E-state index contributed by atoms with van der Waals surface area (Å²) in [5.74, 6) is 2.60. The maximum atomic E-state index is 4.56. The quantitative estimate of drug-likeness (QED) is 0.879. The van der Waals surface area contributed by atoms with Crippen LogP contribution >= 0.6 is 0 Å². The maximum absolute atomic E-state index is 4.56. The molecular formula is C13H18N6. The molecule has 3 rings (SSSR count). The van der Waals surface area contributed by atoms with Crippen molar-refractivity contribution in [2.24, 2.45) is 0 Å². The van der Waals surface area contributed by atoms with E-state index in [-0.39, 0.29) is 6.04 Å². The molecule has 0 amide bonds. The molecule has 1 aliphatic rings. The van der Waals surface area contributed by atoms with Crippen LogP contribution in [0.25, 0.3) is 0 Å². The number of H-pyrrole nitrogens is 1. The van der Waals surface area contributed by atoms with E-state index in [1.54, 1.807) is 0 Å². The van der Waals surface area contributed by atoms with Gasteiger partial charge in [-0.25, -0.2) is 15.0 Å². The van der Waals surface area contributed by atoms with Crippen LogP contribution in [0.5, 0.6) is 0 Å².